The molecular weight excluding hydrogens is 475 g/mol. The topological polar surface area (TPSA) is 111 Å². The van der Waals surface area contributed by atoms with E-state index in [0.717, 1.165) is 23.0 Å². The molecule has 0 aliphatic heterocycles. The number of ether oxygens (including phenoxy) is 2. The third-order valence-corrected chi connectivity index (χ3v) is 6.46. The summed E-state index contributed by atoms with van der Waals surface area (Å²) in [6, 6.07) is 11.0. The van der Waals surface area contributed by atoms with Crippen molar-refractivity contribution in [3.05, 3.63) is 60.6 Å². The summed E-state index contributed by atoms with van der Waals surface area (Å²) in [5.74, 6) is -0.123. The molecule has 1 atom stereocenters. The summed E-state index contributed by atoms with van der Waals surface area (Å²) in [6.07, 6.45) is -3.25. The molecule has 2 N–H and O–H groups in total. The Kier molecular flexibility index (Phi) is 6.23. The van der Waals surface area contributed by atoms with E-state index in [9.17, 15) is 21.6 Å². The molecular formula is C21H20F3N5O4S. The van der Waals surface area contributed by atoms with Gasteiger partial charge in [-0.05, 0) is 49.6 Å². The molecule has 0 aliphatic carbocycles. The number of benzene rings is 2. The van der Waals surface area contributed by atoms with Crippen molar-refractivity contribution in [2.75, 3.05) is 0 Å². The summed E-state index contributed by atoms with van der Waals surface area (Å²) in [5, 5.41) is 9.05. The minimum Gasteiger partial charge on any atom is -0.424 e. The standard InChI is InChI=1S/C21H20F3N5O4S/c1-3-29-19(26-27-20(29)32-15-9-8-14-10-11-25-16(14)12-15)13(2)28-34(30,31)18-7-5-4-6-17(18)33-21(22,23)24/h4-13,25,28H,3H2,1-2H3/t13-/m1/s1. The average Bonchev–Trinajstić information content (AvgIpc) is 3.38. The maximum Gasteiger partial charge on any atom is 0.573 e. The molecule has 2 aromatic heterocycles. The van der Waals surface area contributed by atoms with Crippen LogP contribution in [-0.2, 0) is 16.6 Å². The summed E-state index contributed by atoms with van der Waals surface area (Å²) in [7, 11) is -4.40. The molecule has 34 heavy (non-hydrogen) atoms. The SMILES string of the molecule is CCn1c(Oc2ccc3cc[nH]c3c2)nnc1[C@@H](C)NS(=O)(=O)c1ccccc1OC(F)(F)F. The number of H-pyrrole nitrogens is 1. The van der Waals surface area contributed by atoms with Gasteiger partial charge >= 0.3 is 12.4 Å². The van der Waals surface area contributed by atoms with Crippen LogP contribution < -0.4 is 14.2 Å². The molecule has 13 heteroatoms. The predicted molar refractivity (Wildman–Crippen MR) is 116 cm³/mol. The number of nitrogens with zero attached hydrogens (tertiary/aromatic N) is 3. The lowest BCUT2D eigenvalue weighted by Crippen LogP contribution is -2.30. The molecule has 0 radical (unpaired) electrons. The van der Waals surface area contributed by atoms with Gasteiger partial charge < -0.3 is 14.5 Å². The van der Waals surface area contributed by atoms with Crippen molar-refractivity contribution < 1.29 is 31.1 Å². The molecule has 180 valence electrons. The lowest BCUT2D eigenvalue weighted by atomic mass is 10.2. The van der Waals surface area contributed by atoms with Crippen LogP contribution in [0.5, 0.6) is 17.5 Å². The second kappa shape index (κ2) is 8.99. The fourth-order valence-electron chi connectivity index (χ4n) is 3.42. The maximum atomic E-state index is 12.9. The van der Waals surface area contributed by atoms with Crippen LogP contribution in [0.15, 0.2) is 59.6 Å². The zero-order chi connectivity index (χ0) is 24.5. The van der Waals surface area contributed by atoms with E-state index in [1.54, 1.807) is 29.8 Å². The molecule has 4 rings (SSSR count). The molecule has 4 aromatic rings. The van der Waals surface area contributed by atoms with Crippen LogP contribution in [0.25, 0.3) is 10.9 Å². The Balaban J connectivity index is 1.58. The van der Waals surface area contributed by atoms with Gasteiger partial charge in [0.05, 0.1) is 6.04 Å². The third kappa shape index (κ3) is 4.99. The lowest BCUT2D eigenvalue weighted by Gasteiger charge is -2.17. The minimum absolute atomic E-state index is 0.134. The van der Waals surface area contributed by atoms with E-state index < -0.39 is 33.1 Å². The summed E-state index contributed by atoms with van der Waals surface area (Å²) in [6.45, 7) is 3.64. The van der Waals surface area contributed by atoms with Crippen molar-refractivity contribution in [2.24, 2.45) is 0 Å². The number of aromatic amines is 1. The predicted octanol–water partition coefficient (Wildman–Crippen LogP) is 4.51. The Hall–Kier alpha value is -3.58. The molecule has 0 saturated heterocycles. The van der Waals surface area contributed by atoms with Crippen LogP contribution in [0.3, 0.4) is 0 Å². The minimum atomic E-state index is -5.05. The number of rotatable bonds is 8. The quantitative estimate of drug-likeness (QED) is 0.372. The Morgan fingerprint density at radius 1 is 1.15 bits per heavy atom. The fourth-order valence-corrected chi connectivity index (χ4v) is 4.75. The van der Waals surface area contributed by atoms with Crippen LogP contribution in [-0.4, -0.2) is 34.5 Å². The molecule has 0 amide bonds. The van der Waals surface area contributed by atoms with Crippen molar-refractivity contribution in [2.45, 2.75) is 37.7 Å². The first-order valence-corrected chi connectivity index (χ1v) is 11.6. The zero-order valence-electron chi connectivity index (χ0n) is 18.0. The molecule has 0 bridgehead atoms. The fraction of sp³-hybridized carbons (Fsp3) is 0.238. The molecule has 0 fully saturated rings. The molecule has 0 unspecified atom stereocenters. The smallest absolute Gasteiger partial charge is 0.424 e. The first-order valence-electron chi connectivity index (χ1n) is 10.1. The van der Waals surface area contributed by atoms with Gasteiger partial charge in [-0.25, -0.2) is 13.1 Å². The summed E-state index contributed by atoms with van der Waals surface area (Å²) >= 11 is 0. The normalized spacial score (nSPS) is 13.2. The number of para-hydroxylation sites is 1. The highest BCUT2D eigenvalue weighted by atomic mass is 32.2. The monoisotopic (exact) mass is 495 g/mol. The van der Waals surface area contributed by atoms with Gasteiger partial charge in [0.1, 0.15) is 16.4 Å². The zero-order valence-corrected chi connectivity index (χ0v) is 18.8. The number of sulfonamides is 1. The van der Waals surface area contributed by atoms with E-state index in [-0.39, 0.29) is 11.8 Å². The number of halogens is 3. The first-order chi connectivity index (χ1) is 16.1. The van der Waals surface area contributed by atoms with Crippen LogP contribution >= 0.6 is 0 Å². The van der Waals surface area contributed by atoms with Gasteiger partial charge in [0.2, 0.25) is 10.0 Å². The molecule has 2 aromatic carbocycles. The number of nitrogens with one attached hydrogen (secondary N) is 2. The highest BCUT2D eigenvalue weighted by Gasteiger charge is 2.34. The van der Waals surface area contributed by atoms with Crippen molar-refractivity contribution >= 4 is 20.9 Å². The summed E-state index contributed by atoms with van der Waals surface area (Å²) in [4.78, 5) is 2.42. The number of hydrogen-bond acceptors (Lipinski definition) is 6. The van der Waals surface area contributed by atoms with Crippen LogP contribution in [0.2, 0.25) is 0 Å². The van der Waals surface area contributed by atoms with Crippen LogP contribution in [0.1, 0.15) is 25.7 Å². The van der Waals surface area contributed by atoms with E-state index in [1.807, 2.05) is 12.1 Å². The largest absolute Gasteiger partial charge is 0.573 e. The Bertz CT molecular complexity index is 1420. The van der Waals surface area contributed by atoms with Crippen molar-refractivity contribution in [1.29, 1.82) is 0 Å². The van der Waals surface area contributed by atoms with E-state index in [4.69, 9.17) is 4.74 Å². The second-order valence-corrected chi connectivity index (χ2v) is 8.93. The lowest BCUT2D eigenvalue weighted by molar-refractivity contribution is -0.275. The summed E-state index contributed by atoms with van der Waals surface area (Å²) < 4.78 is 77.5. The van der Waals surface area contributed by atoms with Gasteiger partial charge in [-0.1, -0.05) is 17.2 Å². The number of hydrogen-bond donors (Lipinski definition) is 2. The molecule has 0 aliphatic rings. The average molecular weight is 495 g/mol. The number of fused-ring (bicyclic) bond motifs is 1. The van der Waals surface area contributed by atoms with E-state index in [0.29, 0.717) is 12.3 Å². The number of aromatic nitrogens is 4. The Morgan fingerprint density at radius 3 is 2.65 bits per heavy atom. The van der Waals surface area contributed by atoms with Gasteiger partial charge in [0.25, 0.3) is 0 Å². The molecule has 9 nitrogen and oxygen atoms in total. The van der Waals surface area contributed by atoms with Gasteiger partial charge in [0.15, 0.2) is 5.82 Å². The second-order valence-electron chi connectivity index (χ2n) is 7.25. The highest BCUT2D eigenvalue weighted by Crippen LogP contribution is 2.31. The Morgan fingerprint density at radius 2 is 1.91 bits per heavy atom. The molecule has 0 saturated carbocycles. The van der Waals surface area contributed by atoms with E-state index in [2.05, 4.69) is 24.6 Å². The summed E-state index contributed by atoms with van der Waals surface area (Å²) in [5.41, 5.74) is 0.862. The van der Waals surface area contributed by atoms with Gasteiger partial charge in [-0.3, -0.25) is 4.57 Å². The van der Waals surface area contributed by atoms with Crippen molar-refractivity contribution in [3.8, 4) is 17.5 Å². The molecule has 0 spiro atoms. The molecule has 2 heterocycles. The van der Waals surface area contributed by atoms with Gasteiger partial charge in [-0.2, -0.15) is 0 Å². The highest BCUT2D eigenvalue weighted by molar-refractivity contribution is 7.89. The van der Waals surface area contributed by atoms with E-state index in [1.165, 1.54) is 19.1 Å². The number of alkyl halides is 3. The maximum absolute atomic E-state index is 12.9. The van der Waals surface area contributed by atoms with Crippen LogP contribution in [0, 0.1) is 0 Å². The first kappa shape index (κ1) is 23.6. The van der Waals surface area contributed by atoms with Gasteiger partial charge in [0, 0.05) is 24.3 Å². The van der Waals surface area contributed by atoms with Crippen molar-refractivity contribution in [3.63, 3.8) is 0 Å². The van der Waals surface area contributed by atoms with E-state index >= 15 is 0 Å². The third-order valence-electron chi connectivity index (χ3n) is 4.88. The van der Waals surface area contributed by atoms with Crippen molar-refractivity contribution in [1.82, 2.24) is 24.5 Å². The van der Waals surface area contributed by atoms with Crippen LogP contribution in [0.4, 0.5) is 13.2 Å². The Labute approximate surface area is 192 Å². The van der Waals surface area contributed by atoms with Gasteiger partial charge in [-0.15, -0.1) is 18.3 Å².